The van der Waals surface area contributed by atoms with E-state index in [1.165, 1.54) is 19.3 Å². The molecule has 0 radical (unpaired) electrons. The van der Waals surface area contributed by atoms with Crippen LogP contribution in [0.3, 0.4) is 0 Å². The van der Waals surface area contributed by atoms with Gasteiger partial charge < -0.3 is 10.5 Å². The summed E-state index contributed by atoms with van der Waals surface area (Å²) in [5, 5.41) is 0.768. The van der Waals surface area contributed by atoms with E-state index in [0.717, 1.165) is 30.0 Å². The predicted octanol–water partition coefficient (Wildman–Crippen LogP) is 3.69. The number of hydrogen-bond donors (Lipinski definition) is 1. The van der Waals surface area contributed by atoms with Crippen LogP contribution in [0, 0.1) is 0 Å². The van der Waals surface area contributed by atoms with Crippen LogP contribution in [-0.2, 0) is 4.74 Å². The zero-order valence-corrected chi connectivity index (χ0v) is 10.8. The van der Waals surface area contributed by atoms with E-state index in [4.69, 9.17) is 22.1 Å². The molecule has 0 bridgehead atoms. The molecular weight excluding hydrogens is 234 g/mol. The molecule has 1 heterocycles. The van der Waals surface area contributed by atoms with Gasteiger partial charge in [-0.05, 0) is 43.7 Å². The molecule has 0 aliphatic carbocycles. The third-order valence-corrected chi connectivity index (χ3v) is 3.72. The van der Waals surface area contributed by atoms with Crippen molar-refractivity contribution in [1.29, 1.82) is 0 Å². The Bertz CT molecular complexity index is 350. The van der Waals surface area contributed by atoms with Crippen molar-refractivity contribution in [3.8, 4) is 0 Å². The molecule has 0 amide bonds. The molecule has 2 N–H and O–H groups in total. The Labute approximate surface area is 108 Å². The van der Waals surface area contributed by atoms with E-state index >= 15 is 0 Å². The quantitative estimate of drug-likeness (QED) is 0.888. The smallest absolute Gasteiger partial charge is 0.0575 e. The maximum atomic E-state index is 6.17. The van der Waals surface area contributed by atoms with Gasteiger partial charge in [-0.3, -0.25) is 0 Å². The molecule has 1 aliphatic heterocycles. The van der Waals surface area contributed by atoms with Crippen LogP contribution in [0.15, 0.2) is 24.3 Å². The van der Waals surface area contributed by atoms with Gasteiger partial charge in [0.1, 0.15) is 0 Å². The molecule has 2 unspecified atom stereocenters. The second-order valence-corrected chi connectivity index (χ2v) is 5.10. The first-order valence-corrected chi connectivity index (χ1v) is 6.77. The fourth-order valence-corrected chi connectivity index (χ4v) is 2.61. The van der Waals surface area contributed by atoms with E-state index < -0.39 is 0 Å². The highest BCUT2D eigenvalue weighted by Crippen LogP contribution is 2.26. The van der Waals surface area contributed by atoms with Crippen LogP contribution in [0.1, 0.15) is 43.7 Å². The van der Waals surface area contributed by atoms with Crippen LogP contribution >= 0.6 is 11.6 Å². The van der Waals surface area contributed by atoms with E-state index in [9.17, 15) is 0 Å². The molecule has 0 saturated carbocycles. The van der Waals surface area contributed by atoms with Crippen molar-refractivity contribution in [2.75, 3.05) is 6.61 Å². The van der Waals surface area contributed by atoms with Gasteiger partial charge in [-0.1, -0.05) is 29.8 Å². The van der Waals surface area contributed by atoms with Gasteiger partial charge in [-0.25, -0.2) is 0 Å². The van der Waals surface area contributed by atoms with Crippen LogP contribution in [0.4, 0.5) is 0 Å². The minimum absolute atomic E-state index is 0.0224. The summed E-state index contributed by atoms with van der Waals surface area (Å²) in [6.45, 7) is 0.909. The summed E-state index contributed by atoms with van der Waals surface area (Å²) in [6, 6.07) is 7.85. The average molecular weight is 254 g/mol. The van der Waals surface area contributed by atoms with Crippen LogP contribution in [0.25, 0.3) is 0 Å². The lowest BCUT2D eigenvalue weighted by molar-refractivity contribution is 0.00912. The van der Waals surface area contributed by atoms with E-state index in [1.54, 1.807) is 0 Å². The molecule has 1 saturated heterocycles. The van der Waals surface area contributed by atoms with Gasteiger partial charge in [0.15, 0.2) is 0 Å². The average Bonchev–Trinajstić information content (AvgIpc) is 2.38. The van der Waals surface area contributed by atoms with Crippen molar-refractivity contribution in [1.82, 2.24) is 0 Å². The van der Waals surface area contributed by atoms with Crippen molar-refractivity contribution >= 4 is 11.6 Å². The lowest BCUT2D eigenvalue weighted by Gasteiger charge is -2.24. The minimum atomic E-state index is 0.0224. The summed E-state index contributed by atoms with van der Waals surface area (Å²) < 4.78 is 5.71. The van der Waals surface area contributed by atoms with Gasteiger partial charge in [0.2, 0.25) is 0 Å². The molecule has 2 atom stereocenters. The molecule has 1 fully saturated rings. The van der Waals surface area contributed by atoms with E-state index in [1.807, 2.05) is 24.3 Å². The molecule has 3 heteroatoms. The van der Waals surface area contributed by atoms with Gasteiger partial charge in [0, 0.05) is 17.7 Å². The van der Waals surface area contributed by atoms with Crippen LogP contribution in [0.2, 0.25) is 5.02 Å². The lowest BCUT2D eigenvalue weighted by Crippen LogP contribution is -2.21. The maximum absolute atomic E-state index is 6.17. The SMILES string of the molecule is NC(CCC1CCCCO1)c1ccccc1Cl. The molecule has 1 aromatic carbocycles. The summed E-state index contributed by atoms with van der Waals surface area (Å²) in [5.74, 6) is 0. The summed E-state index contributed by atoms with van der Waals surface area (Å²) in [4.78, 5) is 0. The van der Waals surface area contributed by atoms with Crippen LogP contribution < -0.4 is 5.73 Å². The van der Waals surface area contributed by atoms with E-state index in [-0.39, 0.29) is 6.04 Å². The number of benzene rings is 1. The molecule has 1 aliphatic rings. The van der Waals surface area contributed by atoms with Crippen molar-refractivity contribution in [2.24, 2.45) is 5.73 Å². The fourth-order valence-electron chi connectivity index (χ4n) is 2.33. The molecular formula is C14H20ClNO. The van der Waals surface area contributed by atoms with Crippen LogP contribution in [-0.4, -0.2) is 12.7 Å². The molecule has 0 spiro atoms. The van der Waals surface area contributed by atoms with Gasteiger partial charge in [-0.15, -0.1) is 0 Å². The maximum Gasteiger partial charge on any atom is 0.0575 e. The van der Waals surface area contributed by atoms with Gasteiger partial charge >= 0.3 is 0 Å². The first-order valence-electron chi connectivity index (χ1n) is 6.39. The highest BCUT2D eigenvalue weighted by Gasteiger charge is 2.16. The third-order valence-electron chi connectivity index (χ3n) is 3.38. The summed E-state index contributed by atoms with van der Waals surface area (Å²) >= 11 is 6.13. The number of ether oxygens (including phenoxy) is 1. The zero-order chi connectivity index (χ0) is 12.1. The normalized spacial score (nSPS) is 22.4. The fraction of sp³-hybridized carbons (Fsp3) is 0.571. The van der Waals surface area contributed by atoms with Crippen molar-refractivity contribution in [3.63, 3.8) is 0 Å². The first-order chi connectivity index (χ1) is 8.27. The van der Waals surface area contributed by atoms with Crippen LogP contribution in [0.5, 0.6) is 0 Å². The predicted molar refractivity (Wildman–Crippen MR) is 71.2 cm³/mol. The third kappa shape index (κ3) is 3.70. The Kier molecular flexibility index (Phi) is 4.84. The molecule has 94 valence electrons. The van der Waals surface area contributed by atoms with Crippen molar-refractivity contribution < 1.29 is 4.74 Å². The van der Waals surface area contributed by atoms with E-state index in [2.05, 4.69) is 0 Å². The van der Waals surface area contributed by atoms with Gasteiger partial charge in [0.05, 0.1) is 6.10 Å². The minimum Gasteiger partial charge on any atom is -0.378 e. The Morgan fingerprint density at radius 3 is 2.88 bits per heavy atom. The highest BCUT2D eigenvalue weighted by atomic mass is 35.5. The highest BCUT2D eigenvalue weighted by molar-refractivity contribution is 6.31. The van der Waals surface area contributed by atoms with Crippen molar-refractivity contribution in [2.45, 2.75) is 44.2 Å². The largest absolute Gasteiger partial charge is 0.378 e. The number of nitrogens with two attached hydrogens (primary N) is 1. The second-order valence-electron chi connectivity index (χ2n) is 4.69. The number of hydrogen-bond acceptors (Lipinski definition) is 2. The standard InChI is InChI=1S/C14H20ClNO/c15-13-7-2-1-6-12(13)14(16)9-8-11-5-3-4-10-17-11/h1-2,6-7,11,14H,3-5,8-10,16H2. The molecule has 17 heavy (non-hydrogen) atoms. The molecule has 2 nitrogen and oxygen atoms in total. The molecule has 2 rings (SSSR count). The Hall–Kier alpha value is -0.570. The molecule has 1 aromatic rings. The Morgan fingerprint density at radius 2 is 2.18 bits per heavy atom. The summed E-state index contributed by atoms with van der Waals surface area (Å²) in [7, 11) is 0. The number of rotatable bonds is 4. The zero-order valence-electron chi connectivity index (χ0n) is 10.1. The summed E-state index contributed by atoms with van der Waals surface area (Å²) in [5.41, 5.74) is 7.22. The first kappa shape index (κ1) is 12.9. The molecule has 0 aromatic heterocycles. The Morgan fingerprint density at radius 1 is 1.35 bits per heavy atom. The lowest BCUT2D eigenvalue weighted by atomic mass is 9.98. The monoisotopic (exact) mass is 253 g/mol. The summed E-state index contributed by atoms with van der Waals surface area (Å²) in [6.07, 6.45) is 6.03. The van der Waals surface area contributed by atoms with Gasteiger partial charge in [-0.2, -0.15) is 0 Å². The Balaban J connectivity index is 1.84. The van der Waals surface area contributed by atoms with Crippen molar-refractivity contribution in [3.05, 3.63) is 34.9 Å². The second kappa shape index (κ2) is 6.39. The van der Waals surface area contributed by atoms with E-state index in [0.29, 0.717) is 6.10 Å². The van der Waals surface area contributed by atoms with Gasteiger partial charge in [0.25, 0.3) is 0 Å². The topological polar surface area (TPSA) is 35.2 Å². The number of halogens is 1.